The first kappa shape index (κ1) is 6.33. The Morgan fingerprint density at radius 1 is 1.67 bits per heavy atom. The molecule has 0 bridgehead atoms. The predicted molar refractivity (Wildman–Crippen MR) is 21.7 cm³/mol. The molecule has 0 rings (SSSR count). The van der Waals surface area contributed by atoms with Crippen LogP contribution in [-0.4, -0.2) is 20.3 Å². The van der Waals surface area contributed by atoms with E-state index in [2.05, 4.69) is 4.21 Å². The lowest BCUT2D eigenvalue weighted by Gasteiger charge is -1.94. The first-order valence-electron chi connectivity index (χ1n) is 1.05. The van der Waals surface area contributed by atoms with Crippen LogP contribution in [0.3, 0.4) is 0 Å². The van der Waals surface area contributed by atoms with Gasteiger partial charge in [0.15, 0.2) is 10.5 Å². The van der Waals surface area contributed by atoms with Crippen molar-refractivity contribution in [1.82, 2.24) is 0 Å². The van der Waals surface area contributed by atoms with Gasteiger partial charge >= 0.3 is 7.82 Å². The molecule has 0 spiro atoms. The lowest BCUT2D eigenvalue weighted by atomic mass is 15.7. The van der Waals surface area contributed by atoms with Crippen molar-refractivity contribution in [2.75, 3.05) is 0 Å². The van der Waals surface area contributed by atoms with Gasteiger partial charge < -0.3 is 14.0 Å². The van der Waals surface area contributed by atoms with Crippen LogP contribution in [0.25, 0.3) is 0 Å². The fraction of sp³-hybridized carbons (Fsp3) is 0. The third kappa shape index (κ3) is 4.33. The van der Waals surface area contributed by atoms with E-state index in [1.807, 2.05) is 0 Å². The molecule has 6 heavy (non-hydrogen) atoms. The van der Waals surface area contributed by atoms with Crippen molar-refractivity contribution in [1.29, 1.82) is 0 Å². The highest BCUT2D eigenvalue weighted by atomic mass is 31.2. The summed E-state index contributed by atoms with van der Waals surface area (Å²) in [5, 5.41) is 0. The second kappa shape index (κ2) is 1.86. The van der Waals surface area contributed by atoms with Gasteiger partial charge in [-0.1, -0.05) is 0 Å². The van der Waals surface area contributed by atoms with Crippen LogP contribution in [0.2, 0.25) is 0 Å². The van der Waals surface area contributed by atoms with Gasteiger partial charge in [0.1, 0.15) is 0 Å². The summed E-state index contributed by atoms with van der Waals surface area (Å²) in [4.78, 5) is 15.4. The maximum absolute atomic E-state index is 9.48. The average Bonchev–Trinajstić information content (AvgIpc) is 1.35. The van der Waals surface area contributed by atoms with E-state index in [4.69, 9.17) is 9.79 Å². The van der Waals surface area contributed by atoms with Crippen LogP contribution >= 0.6 is 7.82 Å². The maximum atomic E-state index is 9.48. The molecule has 0 atom stereocenters. The lowest BCUT2D eigenvalue weighted by Crippen LogP contribution is -1.78. The molecule has 0 aliphatic carbocycles. The molecule has 0 saturated heterocycles. The Bertz CT molecular complexity index is 71.6. The van der Waals surface area contributed by atoms with Crippen LogP contribution in [-0.2, 0) is 8.78 Å². The maximum Gasteiger partial charge on any atom is 0.458 e. The molecule has 0 aromatic carbocycles. The Morgan fingerprint density at radius 2 is 1.83 bits per heavy atom. The molecule has 0 unspecified atom stereocenters. The third-order valence-electron chi connectivity index (χ3n) is 0.168. The molecular formula is H4O4PSi. The van der Waals surface area contributed by atoms with E-state index in [0.717, 1.165) is 10.5 Å². The quantitative estimate of drug-likeness (QED) is 0.337. The largest absolute Gasteiger partial charge is 0.458 e. The molecule has 0 aromatic heterocycles. The molecule has 37 valence electrons. The summed E-state index contributed by atoms with van der Waals surface area (Å²) in [5.41, 5.74) is 0. The van der Waals surface area contributed by atoms with E-state index in [1.54, 1.807) is 0 Å². The Kier molecular flexibility index (Phi) is 1.96. The van der Waals surface area contributed by atoms with Gasteiger partial charge in [-0.2, -0.15) is 0 Å². The van der Waals surface area contributed by atoms with E-state index < -0.39 is 7.82 Å². The van der Waals surface area contributed by atoms with Gasteiger partial charge in [0.25, 0.3) is 0 Å². The number of phosphoric acid groups is 1. The molecule has 0 amide bonds. The van der Waals surface area contributed by atoms with Crippen LogP contribution in [0.4, 0.5) is 0 Å². The highest BCUT2D eigenvalue weighted by molar-refractivity contribution is 7.47. The van der Waals surface area contributed by atoms with Crippen LogP contribution in [0.5, 0.6) is 0 Å². The van der Waals surface area contributed by atoms with Crippen molar-refractivity contribution in [3.8, 4) is 0 Å². The van der Waals surface area contributed by atoms with Crippen LogP contribution in [0.15, 0.2) is 0 Å². The normalized spacial score (nSPS) is 11.8. The molecule has 0 aliphatic heterocycles. The van der Waals surface area contributed by atoms with Gasteiger partial charge in [0.05, 0.1) is 0 Å². The van der Waals surface area contributed by atoms with Crippen molar-refractivity contribution in [3.63, 3.8) is 0 Å². The SMILES string of the molecule is O=P(O)(O)O[SiH2]. The minimum atomic E-state index is -4.13. The second-order valence-corrected chi connectivity index (χ2v) is 2.63. The van der Waals surface area contributed by atoms with E-state index in [-0.39, 0.29) is 0 Å². The summed E-state index contributed by atoms with van der Waals surface area (Å²) in [6, 6.07) is 0. The van der Waals surface area contributed by atoms with Crippen molar-refractivity contribution < 1.29 is 18.6 Å². The molecular weight excluding hydrogens is 123 g/mol. The van der Waals surface area contributed by atoms with Crippen molar-refractivity contribution in [3.05, 3.63) is 0 Å². The van der Waals surface area contributed by atoms with Crippen molar-refractivity contribution >= 4 is 18.3 Å². The van der Waals surface area contributed by atoms with Gasteiger partial charge in [-0.05, 0) is 0 Å². The molecule has 0 fully saturated rings. The molecule has 2 N–H and O–H groups in total. The Morgan fingerprint density at radius 3 is 1.83 bits per heavy atom. The zero-order valence-corrected chi connectivity index (χ0v) is 5.17. The summed E-state index contributed by atoms with van der Waals surface area (Å²) in [5.74, 6) is 0. The molecule has 1 radical (unpaired) electrons. The van der Waals surface area contributed by atoms with Gasteiger partial charge in [-0.25, -0.2) is 4.57 Å². The Hall–Kier alpha value is 0.327. The first-order chi connectivity index (χ1) is 2.56. The van der Waals surface area contributed by atoms with Crippen LogP contribution in [0.1, 0.15) is 0 Å². The van der Waals surface area contributed by atoms with Crippen molar-refractivity contribution in [2.45, 2.75) is 0 Å². The average molecular weight is 127 g/mol. The number of rotatable bonds is 1. The number of hydrogen-bond acceptors (Lipinski definition) is 2. The summed E-state index contributed by atoms with van der Waals surface area (Å²) in [6.07, 6.45) is 0. The van der Waals surface area contributed by atoms with E-state index in [1.165, 1.54) is 0 Å². The summed E-state index contributed by atoms with van der Waals surface area (Å²) in [7, 11) is -3.36. The van der Waals surface area contributed by atoms with E-state index in [0.29, 0.717) is 0 Å². The Balaban J connectivity index is 3.48. The topological polar surface area (TPSA) is 66.8 Å². The standard InChI is InChI=1S/H4O4PSi/c1-5(2,3)4-6/h6H2,(H2,1,2,3). The van der Waals surface area contributed by atoms with Gasteiger partial charge in [0, 0.05) is 0 Å². The molecule has 0 aliphatic rings. The fourth-order valence-electron chi connectivity index (χ4n) is 0. The van der Waals surface area contributed by atoms with Gasteiger partial charge in [0.2, 0.25) is 0 Å². The van der Waals surface area contributed by atoms with Crippen LogP contribution < -0.4 is 0 Å². The van der Waals surface area contributed by atoms with Crippen molar-refractivity contribution in [2.24, 2.45) is 0 Å². The second-order valence-electron chi connectivity index (χ2n) is 0.620. The van der Waals surface area contributed by atoms with E-state index in [9.17, 15) is 4.57 Å². The number of hydrogen-bond donors (Lipinski definition) is 2. The summed E-state index contributed by atoms with van der Waals surface area (Å²) in [6.45, 7) is 0. The monoisotopic (exact) mass is 127 g/mol. The third-order valence-corrected chi connectivity index (χ3v) is 1.51. The lowest BCUT2D eigenvalue weighted by molar-refractivity contribution is 0.292. The van der Waals surface area contributed by atoms with E-state index >= 15 is 0 Å². The first-order valence-corrected chi connectivity index (χ1v) is 3.16. The summed E-state index contributed by atoms with van der Waals surface area (Å²) >= 11 is 0. The molecule has 0 saturated carbocycles. The summed E-state index contributed by atoms with van der Waals surface area (Å²) < 4.78 is 13.1. The van der Waals surface area contributed by atoms with Gasteiger partial charge in [-0.15, -0.1) is 0 Å². The fourth-order valence-corrected chi connectivity index (χ4v) is 0. The molecule has 0 aromatic rings. The zero-order valence-electron chi connectivity index (χ0n) is 2.87. The van der Waals surface area contributed by atoms with Gasteiger partial charge in [-0.3, -0.25) is 0 Å². The zero-order chi connectivity index (χ0) is 5.21. The Labute approximate surface area is 37.9 Å². The highest BCUT2D eigenvalue weighted by Crippen LogP contribution is 2.33. The smallest absolute Gasteiger partial charge is 0.339 e. The minimum absolute atomic E-state index is 0.773. The molecule has 6 heteroatoms. The molecule has 4 nitrogen and oxygen atoms in total. The minimum Gasteiger partial charge on any atom is -0.339 e. The highest BCUT2D eigenvalue weighted by Gasteiger charge is 2.06. The molecule has 0 heterocycles. The predicted octanol–water partition coefficient (Wildman–Crippen LogP) is -1.36. The van der Waals surface area contributed by atoms with Crippen LogP contribution in [0, 0.1) is 0 Å².